The van der Waals surface area contributed by atoms with Crippen LogP contribution in [0.1, 0.15) is 16.7 Å². The Morgan fingerprint density at radius 3 is 2.50 bits per heavy atom. The van der Waals surface area contributed by atoms with Crippen LogP contribution in [0.5, 0.6) is 5.75 Å². The monoisotopic (exact) mass is 242 g/mol. The molecule has 0 N–H and O–H groups in total. The molecule has 0 saturated carbocycles. The molecule has 2 nitrogen and oxygen atoms in total. The van der Waals surface area contributed by atoms with Crippen molar-refractivity contribution in [2.75, 3.05) is 26.2 Å². The van der Waals surface area contributed by atoms with E-state index in [1.165, 1.54) is 16.7 Å². The summed E-state index contributed by atoms with van der Waals surface area (Å²) < 4.78 is 10.7. The summed E-state index contributed by atoms with van der Waals surface area (Å²) in [6.07, 6.45) is 0.943. The molecular weight excluding hydrogens is 224 g/mol. The number of methoxy groups -OCH3 is 1. The summed E-state index contributed by atoms with van der Waals surface area (Å²) in [7, 11) is 1.72. The van der Waals surface area contributed by atoms with E-state index in [0.717, 1.165) is 18.8 Å². The lowest BCUT2D eigenvalue weighted by molar-refractivity contribution is 0.202. The fourth-order valence-electron chi connectivity index (χ4n) is 1.64. The molecule has 0 spiro atoms. The van der Waals surface area contributed by atoms with Crippen LogP contribution in [-0.2, 0) is 11.2 Å². The third-order valence-electron chi connectivity index (χ3n) is 2.76. The van der Waals surface area contributed by atoms with Crippen molar-refractivity contribution in [3.63, 3.8) is 0 Å². The second-order valence-corrected chi connectivity index (χ2v) is 4.13. The lowest BCUT2D eigenvalue weighted by atomic mass is 10.0. The Balaban J connectivity index is 2.81. The van der Waals surface area contributed by atoms with Gasteiger partial charge in [0.25, 0.3) is 0 Å². The van der Waals surface area contributed by atoms with E-state index in [-0.39, 0.29) is 0 Å². The third-order valence-corrected chi connectivity index (χ3v) is 2.91. The van der Waals surface area contributed by atoms with Crippen LogP contribution in [0.3, 0.4) is 0 Å². The summed E-state index contributed by atoms with van der Waals surface area (Å²) >= 11 is 5.60. The minimum absolute atomic E-state index is 0.518. The van der Waals surface area contributed by atoms with E-state index in [4.69, 9.17) is 21.1 Å². The lowest BCUT2D eigenvalue weighted by Gasteiger charge is -2.13. The SMILES string of the molecule is COCCc1ccc(OCCCl)c(C)c1C. The minimum Gasteiger partial charge on any atom is -0.492 e. The molecule has 0 heterocycles. The molecule has 0 atom stereocenters. The molecule has 1 aromatic carbocycles. The number of hydrogen-bond donors (Lipinski definition) is 0. The molecule has 0 aliphatic heterocycles. The van der Waals surface area contributed by atoms with Crippen LogP contribution in [0.2, 0.25) is 0 Å². The van der Waals surface area contributed by atoms with Gasteiger partial charge in [-0.25, -0.2) is 0 Å². The molecule has 0 aliphatic carbocycles. The Labute approximate surface area is 103 Å². The first-order chi connectivity index (χ1) is 7.70. The molecule has 0 aliphatic rings. The molecule has 16 heavy (non-hydrogen) atoms. The second kappa shape index (κ2) is 6.77. The van der Waals surface area contributed by atoms with Crippen molar-refractivity contribution in [2.24, 2.45) is 0 Å². The van der Waals surface area contributed by atoms with E-state index in [0.29, 0.717) is 12.5 Å². The van der Waals surface area contributed by atoms with Gasteiger partial charge in [-0.15, -0.1) is 11.6 Å². The normalized spacial score (nSPS) is 10.5. The third kappa shape index (κ3) is 3.39. The van der Waals surface area contributed by atoms with E-state index in [1.807, 2.05) is 6.07 Å². The highest BCUT2D eigenvalue weighted by atomic mass is 35.5. The standard InChI is InChI=1S/C13H19ClO2/c1-10-11(2)13(16-9-7-14)5-4-12(10)6-8-15-3/h4-5H,6-9H2,1-3H3. The van der Waals surface area contributed by atoms with Crippen molar-refractivity contribution in [2.45, 2.75) is 20.3 Å². The number of hydrogen-bond acceptors (Lipinski definition) is 2. The molecule has 1 aromatic rings. The quantitative estimate of drug-likeness (QED) is 0.714. The smallest absolute Gasteiger partial charge is 0.122 e. The molecule has 0 fully saturated rings. The van der Waals surface area contributed by atoms with Gasteiger partial charge >= 0.3 is 0 Å². The zero-order valence-corrected chi connectivity index (χ0v) is 10.9. The Kier molecular flexibility index (Phi) is 5.64. The van der Waals surface area contributed by atoms with Crippen LogP contribution in [0.15, 0.2) is 12.1 Å². The zero-order valence-electron chi connectivity index (χ0n) is 10.2. The molecule has 0 aromatic heterocycles. The van der Waals surface area contributed by atoms with Gasteiger partial charge in [0.05, 0.1) is 12.5 Å². The van der Waals surface area contributed by atoms with Gasteiger partial charge in [0.2, 0.25) is 0 Å². The average Bonchev–Trinajstić information content (AvgIpc) is 2.30. The highest BCUT2D eigenvalue weighted by Gasteiger charge is 2.06. The van der Waals surface area contributed by atoms with Gasteiger partial charge in [-0.05, 0) is 43.0 Å². The maximum absolute atomic E-state index is 5.60. The molecule has 0 bridgehead atoms. The topological polar surface area (TPSA) is 18.5 Å². The lowest BCUT2D eigenvalue weighted by Crippen LogP contribution is -2.03. The van der Waals surface area contributed by atoms with E-state index < -0.39 is 0 Å². The molecule has 0 unspecified atom stereocenters. The maximum atomic E-state index is 5.60. The first-order valence-electron chi connectivity index (χ1n) is 5.47. The van der Waals surface area contributed by atoms with Crippen LogP contribution >= 0.6 is 11.6 Å². The molecule has 0 radical (unpaired) electrons. The second-order valence-electron chi connectivity index (χ2n) is 3.75. The summed E-state index contributed by atoms with van der Waals surface area (Å²) in [5.41, 5.74) is 3.79. The van der Waals surface area contributed by atoms with Gasteiger partial charge in [0, 0.05) is 7.11 Å². The summed E-state index contributed by atoms with van der Waals surface area (Å²) in [5.74, 6) is 1.45. The van der Waals surface area contributed by atoms with Gasteiger partial charge in [0.15, 0.2) is 0 Å². The van der Waals surface area contributed by atoms with Crippen LogP contribution in [-0.4, -0.2) is 26.2 Å². The zero-order chi connectivity index (χ0) is 12.0. The van der Waals surface area contributed by atoms with Crippen molar-refractivity contribution in [3.8, 4) is 5.75 Å². The summed E-state index contributed by atoms with van der Waals surface area (Å²) in [5, 5.41) is 0. The maximum Gasteiger partial charge on any atom is 0.122 e. The Hall–Kier alpha value is -0.730. The van der Waals surface area contributed by atoms with Crippen LogP contribution in [0, 0.1) is 13.8 Å². The van der Waals surface area contributed by atoms with Crippen molar-refractivity contribution in [3.05, 3.63) is 28.8 Å². The van der Waals surface area contributed by atoms with E-state index >= 15 is 0 Å². The fourth-order valence-corrected chi connectivity index (χ4v) is 1.72. The Bertz CT molecular complexity index is 304. The summed E-state index contributed by atoms with van der Waals surface area (Å²) in [6, 6.07) is 4.12. The van der Waals surface area contributed by atoms with Crippen LogP contribution in [0.25, 0.3) is 0 Å². The van der Waals surface area contributed by atoms with Gasteiger partial charge < -0.3 is 9.47 Å². The van der Waals surface area contributed by atoms with Gasteiger partial charge in [-0.3, -0.25) is 0 Å². The Morgan fingerprint density at radius 1 is 1.12 bits per heavy atom. The number of benzene rings is 1. The number of alkyl halides is 1. The van der Waals surface area contributed by atoms with Gasteiger partial charge in [-0.1, -0.05) is 6.07 Å². The minimum atomic E-state index is 0.518. The molecule has 1 rings (SSSR count). The highest BCUT2D eigenvalue weighted by molar-refractivity contribution is 6.18. The van der Waals surface area contributed by atoms with E-state index in [1.54, 1.807) is 7.11 Å². The molecule has 0 amide bonds. The first-order valence-corrected chi connectivity index (χ1v) is 6.01. The van der Waals surface area contributed by atoms with Crippen molar-refractivity contribution in [1.29, 1.82) is 0 Å². The van der Waals surface area contributed by atoms with E-state index in [9.17, 15) is 0 Å². The molecular formula is C13H19ClO2. The van der Waals surface area contributed by atoms with Gasteiger partial charge in [0.1, 0.15) is 12.4 Å². The summed E-state index contributed by atoms with van der Waals surface area (Å²) in [6.45, 7) is 5.50. The predicted molar refractivity (Wildman–Crippen MR) is 67.7 cm³/mol. The molecule has 90 valence electrons. The van der Waals surface area contributed by atoms with Crippen molar-refractivity contribution in [1.82, 2.24) is 0 Å². The van der Waals surface area contributed by atoms with E-state index in [2.05, 4.69) is 19.9 Å². The summed E-state index contributed by atoms with van der Waals surface area (Å²) in [4.78, 5) is 0. The highest BCUT2D eigenvalue weighted by Crippen LogP contribution is 2.24. The molecule has 3 heteroatoms. The first kappa shape index (κ1) is 13.3. The number of ether oxygens (including phenoxy) is 2. The van der Waals surface area contributed by atoms with Crippen LogP contribution < -0.4 is 4.74 Å². The predicted octanol–water partition coefficient (Wildman–Crippen LogP) is 3.11. The van der Waals surface area contributed by atoms with Crippen LogP contribution in [0.4, 0.5) is 0 Å². The largest absolute Gasteiger partial charge is 0.492 e. The Morgan fingerprint density at radius 2 is 1.88 bits per heavy atom. The number of halogens is 1. The van der Waals surface area contributed by atoms with Crippen molar-refractivity contribution >= 4 is 11.6 Å². The molecule has 0 saturated heterocycles. The van der Waals surface area contributed by atoms with Gasteiger partial charge in [-0.2, -0.15) is 0 Å². The fraction of sp³-hybridized carbons (Fsp3) is 0.538. The van der Waals surface area contributed by atoms with Crippen molar-refractivity contribution < 1.29 is 9.47 Å². The number of rotatable bonds is 6. The average molecular weight is 243 g/mol.